The van der Waals surface area contributed by atoms with Gasteiger partial charge in [-0.15, -0.1) is 0 Å². The van der Waals surface area contributed by atoms with Crippen LogP contribution >= 0.6 is 0 Å². The first-order valence-electron chi connectivity index (χ1n) is 8.34. The molecule has 1 atom stereocenters. The molecule has 0 spiro atoms. The Hall–Kier alpha value is -2.44. The summed E-state index contributed by atoms with van der Waals surface area (Å²) in [6.07, 6.45) is 2.41. The first-order chi connectivity index (χ1) is 12.1. The Bertz CT molecular complexity index is 917. The molecule has 1 unspecified atom stereocenters. The molecule has 6 nitrogen and oxygen atoms in total. The number of carboxylic acids is 1. The summed E-state index contributed by atoms with van der Waals surface area (Å²) in [5.74, 6) is -1.06. The molecule has 3 rings (SSSR count). The topological polar surface area (TPSA) is 84.4 Å². The van der Waals surface area contributed by atoms with Gasteiger partial charge in [0.25, 0.3) is 0 Å². The van der Waals surface area contributed by atoms with Crippen molar-refractivity contribution in [3.05, 3.63) is 41.2 Å². The Labute approximate surface area is 145 Å². The highest BCUT2D eigenvalue weighted by molar-refractivity contribution is 6.12. The molecule has 0 saturated heterocycles. The first kappa shape index (κ1) is 17.4. The molecule has 0 aliphatic rings. The van der Waals surface area contributed by atoms with Crippen LogP contribution in [0.5, 0.6) is 0 Å². The third-order valence-electron chi connectivity index (χ3n) is 4.30. The second kappa shape index (κ2) is 7.21. The number of aromatic amines is 1. The van der Waals surface area contributed by atoms with Gasteiger partial charge < -0.3 is 19.6 Å². The molecule has 2 heterocycles. The molecule has 0 bridgehead atoms. The molecule has 0 aliphatic heterocycles. The molecule has 0 saturated carbocycles. The zero-order valence-electron chi connectivity index (χ0n) is 14.6. The Morgan fingerprint density at radius 2 is 2.12 bits per heavy atom. The van der Waals surface area contributed by atoms with Gasteiger partial charge >= 0.3 is 5.97 Å². The Kier molecular flexibility index (Phi) is 5.01. The maximum absolute atomic E-state index is 11.6. The van der Waals surface area contributed by atoms with E-state index >= 15 is 0 Å². The molecular weight excluding hydrogens is 320 g/mol. The maximum Gasteiger partial charge on any atom is 0.354 e. The van der Waals surface area contributed by atoms with Crippen LogP contribution in [0, 0.1) is 0 Å². The predicted octanol–water partition coefficient (Wildman–Crippen LogP) is 4.05. The Balaban J connectivity index is 2.32. The van der Waals surface area contributed by atoms with Crippen molar-refractivity contribution in [2.75, 3.05) is 13.7 Å². The SMILES string of the molecule is CCCOC(C)c1cccc2[nH]c3cnc(C(=O)O)c(COC)c3c12. The fraction of sp³-hybridized carbons (Fsp3) is 0.368. The van der Waals surface area contributed by atoms with Crippen LogP contribution in [-0.2, 0) is 16.1 Å². The number of carboxylic acid groups (broad SMARTS) is 1. The summed E-state index contributed by atoms with van der Waals surface area (Å²) in [5.41, 5.74) is 3.35. The van der Waals surface area contributed by atoms with Gasteiger partial charge in [-0.25, -0.2) is 9.78 Å². The van der Waals surface area contributed by atoms with Crippen LogP contribution < -0.4 is 0 Å². The highest BCUT2D eigenvalue weighted by atomic mass is 16.5. The predicted molar refractivity (Wildman–Crippen MR) is 95.9 cm³/mol. The number of nitrogens with one attached hydrogen (secondary N) is 1. The van der Waals surface area contributed by atoms with E-state index in [1.165, 1.54) is 0 Å². The summed E-state index contributed by atoms with van der Waals surface area (Å²) in [7, 11) is 1.55. The number of fused-ring (bicyclic) bond motifs is 3. The zero-order valence-corrected chi connectivity index (χ0v) is 14.6. The number of benzene rings is 1. The second-order valence-electron chi connectivity index (χ2n) is 6.02. The summed E-state index contributed by atoms with van der Waals surface area (Å²) in [6.45, 7) is 4.93. The van der Waals surface area contributed by atoms with Crippen LogP contribution in [0.1, 0.15) is 48.0 Å². The third kappa shape index (κ3) is 3.10. The smallest absolute Gasteiger partial charge is 0.354 e. The summed E-state index contributed by atoms with van der Waals surface area (Å²) in [6, 6.07) is 5.97. The minimum atomic E-state index is -1.06. The molecule has 2 aromatic heterocycles. The number of H-pyrrole nitrogens is 1. The van der Waals surface area contributed by atoms with E-state index in [9.17, 15) is 9.90 Å². The molecule has 0 fully saturated rings. The van der Waals surface area contributed by atoms with Gasteiger partial charge in [-0.3, -0.25) is 0 Å². The van der Waals surface area contributed by atoms with Gasteiger partial charge in [0.05, 0.1) is 24.4 Å². The lowest BCUT2D eigenvalue weighted by molar-refractivity contribution is 0.0672. The van der Waals surface area contributed by atoms with E-state index in [4.69, 9.17) is 9.47 Å². The van der Waals surface area contributed by atoms with Gasteiger partial charge in [0.2, 0.25) is 0 Å². The van der Waals surface area contributed by atoms with Crippen molar-refractivity contribution in [2.24, 2.45) is 0 Å². The van der Waals surface area contributed by atoms with Crippen molar-refractivity contribution in [1.29, 1.82) is 0 Å². The minimum Gasteiger partial charge on any atom is -0.477 e. The normalized spacial score (nSPS) is 12.8. The standard InChI is InChI=1S/C19H22N2O4/c1-4-8-25-11(2)12-6-5-7-14-16(12)17-13(10-24-3)18(19(22)23)20-9-15(17)21-14/h5-7,9,11,21H,4,8,10H2,1-3H3,(H,22,23). The van der Waals surface area contributed by atoms with Gasteiger partial charge in [-0.2, -0.15) is 0 Å². The maximum atomic E-state index is 11.6. The van der Waals surface area contributed by atoms with Crippen LogP contribution in [-0.4, -0.2) is 34.8 Å². The number of hydrogen-bond acceptors (Lipinski definition) is 4. The molecular formula is C19H22N2O4. The van der Waals surface area contributed by atoms with Crippen LogP contribution in [0.4, 0.5) is 0 Å². The second-order valence-corrected chi connectivity index (χ2v) is 6.02. The van der Waals surface area contributed by atoms with E-state index in [0.717, 1.165) is 33.8 Å². The molecule has 2 N–H and O–H groups in total. The van der Waals surface area contributed by atoms with Gasteiger partial charge in [-0.1, -0.05) is 19.1 Å². The van der Waals surface area contributed by atoms with Gasteiger partial charge in [0.15, 0.2) is 5.69 Å². The lowest BCUT2D eigenvalue weighted by Gasteiger charge is -2.15. The van der Waals surface area contributed by atoms with E-state index in [-0.39, 0.29) is 18.4 Å². The molecule has 1 aromatic carbocycles. The van der Waals surface area contributed by atoms with Crippen molar-refractivity contribution in [3.63, 3.8) is 0 Å². The Morgan fingerprint density at radius 3 is 2.80 bits per heavy atom. The van der Waals surface area contributed by atoms with Crippen molar-refractivity contribution < 1.29 is 19.4 Å². The van der Waals surface area contributed by atoms with Crippen LogP contribution in [0.25, 0.3) is 21.8 Å². The molecule has 0 amide bonds. The summed E-state index contributed by atoms with van der Waals surface area (Å²) < 4.78 is 11.2. The monoisotopic (exact) mass is 342 g/mol. The lowest BCUT2D eigenvalue weighted by Crippen LogP contribution is -2.07. The number of carbonyl (C=O) groups is 1. The highest BCUT2D eigenvalue weighted by Crippen LogP contribution is 2.35. The molecule has 0 aliphatic carbocycles. The fourth-order valence-corrected chi connectivity index (χ4v) is 3.22. The molecule has 0 radical (unpaired) electrons. The minimum absolute atomic E-state index is 0.0205. The largest absolute Gasteiger partial charge is 0.477 e. The van der Waals surface area contributed by atoms with Crippen molar-refractivity contribution in [3.8, 4) is 0 Å². The average Bonchev–Trinajstić information content (AvgIpc) is 2.98. The van der Waals surface area contributed by atoms with E-state index in [0.29, 0.717) is 12.2 Å². The number of pyridine rings is 1. The number of ether oxygens (including phenoxy) is 2. The van der Waals surface area contributed by atoms with E-state index < -0.39 is 5.97 Å². The van der Waals surface area contributed by atoms with Crippen molar-refractivity contribution in [2.45, 2.75) is 33.0 Å². The van der Waals surface area contributed by atoms with E-state index in [2.05, 4.69) is 16.9 Å². The summed E-state index contributed by atoms with van der Waals surface area (Å²) in [5, 5.41) is 11.3. The number of methoxy groups -OCH3 is 1. The fourth-order valence-electron chi connectivity index (χ4n) is 3.22. The lowest BCUT2D eigenvalue weighted by atomic mass is 9.99. The van der Waals surface area contributed by atoms with Crippen LogP contribution in [0.15, 0.2) is 24.4 Å². The highest BCUT2D eigenvalue weighted by Gasteiger charge is 2.21. The van der Waals surface area contributed by atoms with E-state index in [1.807, 2.05) is 25.1 Å². The summed E-state index contributed by atoms with van der Waals surface area (Å²) in [4.78, 5) is 19.0. The van der Waals surface area contributed by atoms with E-state index in [1.54, 1.807) is 13.3 Å². The number of nitrogens with zero attached hydrogens (tertiary/aromatic N) is 1. The van der Waals surface area contributed by atoms with Crippen LogP contribution in [0.3, 0.4) is 0 Å². The first-order valence-corrected chi connectivity index (χ1v) is 8.34. The van der Waals surface area contributed by atoms with Gasteiger partial charge in [-0.05, 0) is 25.0 Å². The third-order valence-corrected chi connectivity index (χ3v) is 4.30. The van der Waals surface area contributed by atoms with Gasteiger partial charge in [0.1, 0.15) is 0 Å². The molecule has 6 heteroatoms. The molecule has 132 valence electrons. The molecule has 25 heavy (non-hydrogen) atoms. The van der Waals surface area contributed by atoms with Crippen molar-refractivity contribution >= 4 is 27.8 Å². The van der Waals surface area contributed by atoms with Crippen LogP contribution in [0.2, 0.25) is 0 Å². The summed E-state index contributed by atoms with van der Waals surface area (Å²) >= 11 is 0. The average molecular weight is 342 g/mol. The number of hydrogen-bond donors (Lipinski definition) is 2. The zero-order chi connectivity index (χ0) is 18.0. The number of aromatic carboxylic acids is 1. The molecule has 3 aromatic rings. The number of aromatic nitrogens is 2. The van der Waals surface area contributed by atoms with Gasteiger partial charge in [0, 0.05) is 35.6 Å². The quantitative estimate of drug-likeness (QED) is 0.677. The Morgan fingerprint density at radius 1 is 1.32 bits per heavy atom. The number of rotatable bonds is 7. The van der Waals surface area contributed by atoms with Crippen molar-refractivity contribution in [1.82, 2.24) is 9.97 Å².